The van der Waals surface area contributed by atoms with Crippen LogP contribution in [0.5, 0.6) is 5.75 Å². The van der Waals surface area contributed by atoms with Crippen LogP contribution in [0.25, 0.3) is 11.0 Å². The topological polar surface area (TPSA) is 37.9 Å². The van der Waals surface area contributed by atoms with Crippen LogP contribution >= 0.6 is 0 Å². The van der Waals surface area contributed by atoms with E-state index in [1.807, 2.05) is 30.3 Å². The van der Waals surface area contributed by atoms with Crippen molar-refractivity contribution in [3.05, 3.63) is 59.9 Å². The summed E-state index contributed by atoms with van der Waals surface area (Å²) in [5, 5.41) is 0. The molecule has 0 saturated carbocycles. The quantitative estimate of drug-likeness (QED) is 0.761. The standard InChI is InChI=1S/C15H14N2O/c1-18-14-8-7-13-15(17-10-16-13)12(14)9-11-5-3-2-4-6-11/h2-8,10H,9H2,1H3,(H,16,17). The number of fused-ring (bicyclic) bond motifs is 1. The monoisotopic (exact) mass is 238 g/mol. The Kier molecular flexibility index (Phi) is 2.73. The first-order chi connectivity index (χ1) is 8.88. The molecule has 0 aliphatic heterocycles. The molecule has 3 heteroatoms. The molecule has 90 valence electrons. The highest BCUT2D eigenvalue weighted by Crippen LogP contribution is 2.28. The SMILES string of the molecule is COc1ccc2[nH]cnc2c1Cc1ccccc1. The molecule has 0 aliphatic rings. The van der Waals surface area contributed by atoms with Crippen LogP contribution in [0.1, 0.15) is 11.1 Å². The molecule has 0 saturated heterocycles. The number of hydrogen-bond acceptors (Lipinski definition) is 2. The van der Waals surface area contributed by atoms with E-state index in [0.29, 0.717) is 0 Å². The highest BCUT2D eigenvalue weighted by Gasteiger charge is 2.10. The summed E-state index contributed by atoms with van der Waals surface area (Å²) in [6, 6.07) is 14.3. The molecule has 0 aliphatic carbocycles. The lowest BCUT2D eigenvalue weighted by Gasteiger charge is -2.09. The summed E-state index contributed by atoms with van der Waals surface area (Å²) in [6.07, 6.45) is 2.55. The minimum atomic E-state index is 0.826. The number of aromatic amines is 1. The van der Waals surface area contributed by atoms with Crippen molar-refractivity contribution < 1.29 is 4.74 Å². The van der Waals surface area contributed by atoms with Gasteiger partial charge in [0.1, 0.15) is 5.75 Å². The van der Waals surface area contributed by atoms with Gasteiger partial charge in [-0.15, -0.1) is 0 Å². The van der Waals surface area contributed by atoms with Gasteiger partial charge in [-0.1, -0.05) is 30.3 Å². The number of benzene rings is 2. The molecule has 0 fully saturated rings. The Bertz CT molecular complexity index is 659. The predicted octanol–water partition coefficient (Wildman–Crippen LogP) is 3.16. The van der Waals surface area contributed by atoms with E-state index in [4.69, 9.17) is 4.74 Å². The molecule has 18 heavy (non-hydrogen) atoms. The van der Waals surface area contributed by atoms with Gasteiger partial charge in [-0.3, -0.25) is 0 Å². The molecule has 0 unspecified atom stereocenters. The maximum atomic E-state index is 5.44. The number of aromatic nitrogens is 2. The zero-order chi connectivity index (χ0) is 12.4. The van der Waals surface area contributed by atoms with E-state index in [0.717, 1.165) is 28.8 Å². The van der Waals surface area contributed by atoms with Crippen LogP contribution in [0.2, 0.25) is 0 Å². The average Bonchev–Trinajstić information content (AvgIpc) is 2.89. The second kappa shape index (κ2) is 4.53. The van der Waals surface area contributed by atoms with Crippen molar-refractivity contribution in [2.24, 2.45) is 0 Å². The Morgan fingerprint density at radius 1 is 1.11 bits per heavy atom. The first kappa shape index (κ1) is 10.8. The van der Waals surface area contributed by atoms with Crippen molar-refractivity contribution >= 4 is 11.0 Å². The number of nitrogens with zero attached hydrogens (tertiary/aromatic N) is 1. The number of hydrogen-bond donors (Lipinski definition) is 1. The van der Waals surface area contributed by atoms with Crippen molar-refractivity contribution in [2.75, 3.05) is 7.11 Å². The Morgan fingerprint density at radius 3 is 2.72 bits per heavy atom. The molecule has 3 aromatic rings. The minimum Gasteiger partial charge on any atom is -0.496 e. The largest absolute Gasteiger partial charge is 0.496 e. The molecule has 0 amide bonds. The first-order valence-corrected chi connectivity index (χ1v) is 5.91. The van der Waals surface area contributed by atoms with Crippen molar-refractivity contribution in [1.29, 1.82) is 0 Å². The molecule has 2 aromatic carbocycles. The lowest BCUT2D eigenvalue weighted by atomic mass is 10.0. The Labute approximate surface area is 105 Å². The fraction of sp³-hybridized carbons (Fsp3) is 0.133. The van der Waals surface area contributed by atoms with Gasteiger partial charge in [-0.2, -0.15) is 0 Å². The number of H-pyrrole nitrogens is 1. The molecule has 1 aromatic heterocycles. The third-order valence-corrected chi connectivity index (χ3v) is 3.10. The van der Waals surface area contributed by atoms with Crippen molar-refractivity contribution in [2.45, 2.75) is 6.42 Å². The normalized spacial score (nSPS) is 10.7. The summed E-state index contributed by atoms with van der Waals surface area (Å²) in [6.45, 7) is 0. The zero-order valence-corrected chi connectivity index (χ0v) is 10.2. The number of rotatable bonds is 3. The second-order valence-electron chi connectivity index (χ2n) is 4.21. The average molecular weight is 238 g/mol. The van der Waals surface area contributed by atoms with Gasteiger partial charge in [0.25, 0.3) is 0 Å². The molecule has 3 nitrogen and oxygen atoms in total. The lowest BCUT2D eigenvalue weighted by molar-refractivity contribution is 0.411. The van der Waals surface area contributed by atoms with Gasteiger partial charge in [-0.05, 0) is 17.7 Å². The molecule has 1 N–H and O–H groups in total. The number of ether oxygens (including phenoxy) is 1. The highest BCUT2D eigenvalue weighted by atomic mass is 16.5. The summed E-state index contributed by atoms with van der Waals surface area (Å²) >= 11 is 0. The summed E-state index contributed by atoms with van der Waals surface area (Å²) in [5.74, 6) is 0.887. The zero-order valence-electron chi connectivity index (χ0n) is 10.2. The molecule has 0 atom stereocenters. The molecule has 0 bridgehead atoms. The molecule has 0 spiro atoms. The second-order valence-corrected chi connectivity index (χ2v) is 4.21. The van der Waals surface area contributed by atoms with Gasteiger partial charge in [-0.25, -0.2) is 4.98 Å². The van der Waals surface area contributed by atoms with E-state index >= 15 is 0 Å². The lowest BCUT2D eigenvalue weighted by Crippen LogP contribution is -1.95. The summed E-state index contributed by atoms with van der Waals surface area (Å²) in [5.41, 5.74) is 4.41. The highest BCUT2D eigenvalue weighted by molar-refractivity contribution is 5.81. The van der Waals surface area contributed by atoms with E-state index < -0.39 is 0 Å². The molecule has 0 radical (unpaired) electrons. The summed E-state index contributed by atoms with van der Waals surface area (Å²) in [4.78, 5) is 7.52. The van der Waals surface area contributed by atoms with Gasteiger partial charge in [0.15, 0.2) is 0 Å². The molecule has 1 heterocycles. The van der Waals surface area contributed by atoms with E-state index in [9.17, 15) is 0 Å². The van der Waals surface area contributed by atoms with Crippen LogP contribution in [0, 0.1) is 0 Å². The van der Waals surface area contributed by atoms with Crippen LogP contribution in [0.4, 0.5) is 0 Å². The third-order valence-electron chi connectivity index (χ3n) is 3.10. The fourth-order valence-electron chi connectivity index (χ4n) is 2.21. The molecule has 3 rings (SSSR count). The summed E-state index contributed by atoms with van der Waals surface area (Å²) < 4.78 is 5.44. The summed E-state index contributed by atoms with van der Waals surface area (Å²) in [7, 11) is 1.70. The van der Waals surface area contributed by atoms with Crippen molar-refractivity contribution in [3.8, 4) is 5.75 Å². The van der Waals surface area contributed by atoms with Crippen molar-refractivity contribution in [3.63, 3.8) is 0 Å². The van der Waals surface area contributed by atoms with E-state index in [1.165, 1.54) is 5.56 Å². The van der Waals surface area contributed by atoms with Crippen molar-refractivity contribution in [1.82, 2.24) is 9.97 Å². The minimum absolute atomic E-state index is 0.826. The van der Waals surface area contributed by atoms with Gasteiger partial charge < -0.3 is 9.72 Å². The van der Waals surface area contributed by atoms with Crippen LogP contribution < -0.4 is 4.74 Å². The predicted molar refractivity (Wildman–Crippen MR) is 71.9 cm³/mol. The number of nitrogens with one attached hydrogen (secondary N) is 1. The third kappa shape index (κ3) is 1.84. The molecular weight excluding hydrogens is 224 g/mol. The van der Waals surface area contributed by atoms with E-state index in [-0.39, 0.29) is 0 Å². The van der Waals surface area contributed by atoms with Gasteiger partial charge in [0.2, 0.25) is 0 Å². The first-order valence-electron chi connectivity index (χ1n) is 5.91. The van der Waals surface area contributed by atoms with Crippen LogP contribution in [0.3, 0.4) is 0 Å². The molecular formula is C15H14N2O. The Balaban J connectivity index is 2.11. The Morgan fingerprint density at radius 2 is 1.94 bits per heavy atom. The van der Waals surface area contributed by atoms with Crippen LogP contribution in [-0.4, -0.2) is 17.1 Å². The van der Waals surface area contributed by atoms with E-state index in [1.54, 1.807) is 13.4 Å². The van der Waals surface area contributed by atoms with Gasteiger partial charge >= 0.3 is 0 Å². The Hall–Kier alpha value is -2.29. The van der Waals surface area contributed by atoms with Gasteiger partial charge in [0.05, 0.1) is 24.5 Å². The maximum absolute atomic E-state index is 5.44. The number of imidazole rings is 1. The van der Waals surface area contributed by atoms with E-state index in [2.05, 4.69) is 22.1 Å². The van der Waals surface area contributed by atoms with Gasteiger partial charge in [0, 0.05) is 12.0 Å². The maximum Gasteiger partial charge on any atom is 0.124 e. The van der Waals surface area contributed by atoms with Crippen LogP contribution in [0.15, 0.2) is 48.8 Å². The smallest absolute Gasteiger partial charge is 0.124 e. The fourth-order valence-corrected chi connectivity index (χ4v) is 2.21. The number of methoxy groups -OCH3 is 1. The van der Waals surface area contributed by atoms with Crippen LogP contribution in [-0.2, 0) is 6.42 Å².